The van der Waals surface area contributed by atoms with Crippen LogP contribution < -0.4 is 5.73 Å². The lowest BCUT2D eigenvalue weighted by atomic mass is 10.0. The lowest BCUT2D eigenvalue weighted by molar-refractivity contribution is -0.137. The number of nitrogens with zero attached hydrogens (tertiary/aromatic N) is 4. The molecule has 1 aromatic heterocycles. The maximum absolute atomic E-state index is 13.9. The summed E-state index contributed by atoms with van der Waals surface area (Å²) in [5.41, 5.74) is 4.51. The Morgan fingerprint density at radius 2 is 1.91 bits per heavy atom. The van der Waals surface area contributed by atoms with E-state index in [4.69, 9.17) is 5.73 Å². The van der Waals surface area contributed by atoms with Crippen molar-refractivity contribution < 1.29 is 26.0 Å². The van der Waals surface area contributed by atoms with Gasteiger partial charge in [0.2, 0.25) is 10.0 Å². The van der Waals surface area contributed by atoms with Crippen molar-refractivity contribution in [1.29, 1.82) is 0 Å². The first kappa shape index (κ1) is 25.7. The van der Waals surface area contributed by atoms with Crippen LogP contribution in [-0.2, 0) is 22.7 Å². The van der Waals surface area contributed by atoms with Gasteiger partial charge in [0.15, 0.2) is 0 Å². The third kappa shape index (κ3) is 5.09. The number of fused-ring (bicyclic) bond motifs is 1. The third-order valence-electron chi connectivity index (χ3n) is 4.51. The van der Waals surface area contributed by atoms with Gasteiger partial charge in [-0.05, 0) is 35.9 Å². The van der Waals surface area contributed by atoms with Crippen LogP contribution >= 0.6 is 12.4 Å². The van der Waals surface area contributed by atoms with Crippen LogP contribution in [0.25, 0.3) is 22.2 Å². The zero-order chi connectivity index (χ0) is 23.0. The van der Waals surface area contributed by atoms with E-state index < -0.39 is 34.1 Å². The minimum Gasteiger partial charge on any atom is -0.327 e. The summed E-state index contributed by atoms with van der Waals surface area (Å²) < 4.78 is 81.5. The molecule has 0 aliphatic rings. The van der Waals surface area contributed by atoms with Crippen molar-refractivity contribution in [2.45, 2.75) is 17.6 Å². The molecule has 13 heteroatoms. The van der Waals surface area contributed by atoms with Crippen molar-refractivity contribution in [3.8, 4) is 11.1 Å². The largest absolute Gasteiger partial charge is 0.416 e. The molecule has 174 valence electrons. The van der Waals surface area contributed by atoms with E-state index in [-0.39, 0.29) is 46.0 Å². The van der Waals surface area contributed by atoms with Gasteiger partial charge in [0.1, 0.15) is 11.3 Å². The third-order valence-corrected chi connectivity index (χ3v) is 6.32. The van der Waals surface area contributed by atoms with Crippen molar-refractivity contribution in [3.63, 3.8) is 0 Å². The fourth-order valence-electron chi connectivity index (χ4n) is 2.94. The molecule has 7 nitrogen and oxygen atoms in total. The van der Waals surface area contributed by atoms with Crippen molar-refractivity contribution >= 4 is 33.5 Å². The van der Waals surface area contributed by atoms with Crippen LogP contribution in [0.4, 0.5) is 17.6 Å². The highest BCUT2D eigenvalue weighted by Crippen LogP contribution is 2.37. The molecule has 0 unspecified atom stereocenters. The number of halogens is 5. The van der Waals surface area contributed by atoms with Gasteiger partial charge in [0.05, 0.1) is 22.5 Å². The Kier molecular flexibility index (Phi) is 7.66. The van der Waals surface area contributed by atoms with E-state index in [1.807, 2.05) is 0 Å². The number of sulfonamides is 1. The minimum absolute atomic E-state index is 0. The molecule has 0 fully saturated rings. The van der Waals surface area contributed by atoms with Gasteiger partial charge in [-0.15, -0.1) is 17.5 Å². The van der Waals surface area contributed by atoms with E-state index in [0.717, 1.165) is 27.2 Å². The Bertz CT molecular complexity index is 1260. The lowest BCUT2D eigenvalue weighted by Crippen LogP contribution is -2.22. The molecule has 32 heavy (non-hydrogen) atoms. The Morgan fingerprint density at radius 3 is 2.50 bits per heavy atom. The fourth-order valence-corrected chi connectivity index (χ4v) is 3.89. The average Bonchev–Trinajstić information content (AvgIpc) is 3.09. The molecule has 0 saturated carbocycles. The van der Waals surface area contributed by atoms with Crippen molar-refractivity contribution in [2.75, 3.05) is 20.6 Å². The molecular weight excluding hydrogens is 474 g/mol. The number of allylic oxidation sites excluding steroid dienone is 1. The van der Waals surface area contributed by atoms with E-state index in [9.17, 15) is 26.0 Å². The first-order valence-electron chi connectivity index (χ1n) is 8.97. The van der Waals surface area contributed by atoms with Gasteiger partial charge in [-0.1, -0.05) is 17.3 Å². The molecule has 0 aliphatic heterocycles. The number of hydrogen-bond acceptors (Lipinski definition) is 5. The summed E-state index contributed by atoms with van der Waals surface area (Å²) in [6, 6.07) is 7.19. The zero-order valence-corrected chi connectivity index (χ0v) is 18.6. The normalized spacial score (nSPS) is 12.9. The van der Waals surface area contributed by atoms with E-state index in [0.29, 0.717) is 0 Å². The second kappa shape index (κ2) is 9.53. The summed E-state index contributed by atoms with van der Waals surface area (Å²) in [6.07, 6.45) is -3.62. The van der Waals surface area contributed by atoms with Crippen LogP contribution in [0, 0.1) is 0 Å². The number of aromatic nitrogens is 3. The van der Waals surface area contributed by atoms with Crippen molar-refractivity contribution in [2.24, 2.45) is 5.73 Å². The Hall–Kier alpha value is -2.54. The maximum Gasteiger partial charge on any atom is 0.416 e. The van der Waals surface area contributed by atoms with Gasteiger partial charge in [0, 0.05) is 26.2 Å². The lowest BCUT2D eigenvalue weighted by Gasteiger charge is -2.14. The van der Waals surface area contributed by atoms with Gasteiger partial charge in [-0.2, -0.15) is 13.2 Å². The molecule has 0 atom stereocenters. The Morgan fingerprint density at radius 1 is 1.22 bits per heavy atom. The van der Waals surface area contributed by atoms with Crippen LogP contribution in [0.5, 0.6) is 0 Å². The maximum atomic E-state index is 13.9. The molecule has 0 aliphatic carbocycles. The minimum atomic E-state index is -4.70. The average molecular weight is 494 g/mol. The molecule has 0 amide bonds. The quantitative estimate of drug-likeness (QED) is 0.529. The Balaban J connectivity index is 0.00000363. The van der Waals surface area contributed by atoms with Crippen LogP contribution in [0.1, 0.15) is 5.56 Å². The van der Waals surface area contributed by atoms with Crippen LogP contribution in [0.3, 0.4) is 0 Å². The van der Waals surface area contributed by atoms with Gasteiger partial charge in [-0.25, -0.2) is 21.8 Å². The number of nitrogens with two attached hydrogens (primary N) is 1. The molecular formula is C19H20ClF4N5O2S. The summed E-state index contributed by atoms with van der Waals surface area (Å²) in [4.78, 5) is -0.0927. The van der Waals surface area contributed by atoms with Crippen LogP contribution in [0.15, 0.2) is 53.2 Å². The standard InChI is InChI=1S/C19H19F4N5O2S.ClH/c1-27(2)31(29,30)15-5-3-4-12(8-15)16-9-13(19(21,22)23)10-17-18(16)25-26-28(17)11-14(20)6-7-24;/h3-6,8-10H,7,11,24H2,1-2H3;1H/b14-6-;. The Labute approximate surface area is 188 Å². The van der Waals surface area contributed by atoms with Gasteiger partial charge in [-0.3, -0.25) is 0 Å². The number of hydrogen-bond donors (Lipinski definition) is 1. The SMILES string of the molecule is CN(C)S(=O)(=O)c1cccc(-c2cc(C(F)(F)F)cc3c2nnn3C/C(F)=C/CN)c1.Cl. The van der Waals surface area contributed by atoms with Crippen molar-refractivity contribution in [3.05, 3.63) is 53.9 Å². The molecule has 3 aromatic rings. The second-order valence-electron chi connectivity index (χ2n) is 6.84. The van der Waals surface area contributed by atoms with E-state index >= 15 is 0 Å². The monoisotopic (exact) mass is 493 g/mol. The molecule has 0 bridgehead atoms. The highest BCUT2D eigenvalue weighted by molar-refractivity contribution is 7.89. The predicted molar refractivity (Wildman–Crippen MR) is 114 cm³/mol. The topological polar surface area (TPSA) is 94.1 Å². The summed E-state index contributed by atoms with van der Waals surface area (Å²) in [7, 11) is -1.12. The molecule has 0 radical (unpaired) electrons. The van der Waals surface area contributed by atoms with Gasteiger partial charge in [0.25, 0.3) is 0 Å². The van der Waals surface area contributed by atoms with Crippen molar-refractivity contribution in [1.82, 2.24) is 19.3 Å². The highest BCUT2D eigenvalue weighted by Gasteiger charge is 2.32. The summed E-state index contributed by atoms with van der Waals surface area (Å²) in [6.45, 7) is -0.520. The smallest absolute Gasteiger partial charge is 0.327 e. The number of alkyl halides is 3. The van der Waals surface area contributed by atoms with E-state index in [1.54, 1.807) is 0 Å². The summed E-state index contributed by atoms with van der Waals surface area (Å²) >= 11 is 0. The first-order valence-corrected chi connectivity index (χ1v) is 10.4. The molecule has 0 saturated heterocycles. The van der Waals surface area contributed by atoms with Gasteiger partial charge < -0.3 is 5.73 Å². The molecule has 3 rings (SSSR count). The van der Waals surface area contributed by atoms with Crippen LogP contribution in [0.2, 0.25) is 0 Å². The van der Waals surface area contributed by atoms with Crippen LogP contribution in [-0.4, -0.2) is 48.4 Å². The predicted octanol–water partition coefficient (Wildman–Crippen LogP) is 3.60. The molecule has 2 aromatic carbocycles. The molecule has 2 N–H and O–H groups in total. The summed E-state index contributed by atoms with van der Waals surface area (Å²) in [5.74, 6) is -0.674. The molecule has 0 spiro atoms. The number of rotatable bonds is 6. The zero-order valence-electron chi connectivity index (χ0n) is 17.0. The highest BCUT2D eigenvalue weighted by atomic mass is 35.5. The second-order valence-corrected chi connectivity index (χ2v) is 8.99. The fraction of sp³-hybridized carbons (Fsp3) is 0.263. The first-order chi connectivity index (χ1) is 14.4. The van der Waals surface area contributed by atoms with E-state index in [2.05, 4.69) is 10.3 Å². The van der Waals surface area contributed by atoms with E-state index in [1.165, 1.54) is 38.4 Å². The number of benzene rings is 2. The van der Waals surface area contributed by atoms with Gasteiger partial charge >= 0.3 is 6.18 Å². The summed E-state index contributed by atoms with van der Waals surface area (Å²) in [5, 5.41) is 7.70. The molecule has 1 heterocycles.